The van der Waals surface area contributed by atoms with Crippen molar-refractivity contribution in [3.05, 3.63) is 56.9 Å². The summed E-state index contributed by atoms with van der Waals surface area (Å²) in [4.78, 5) is 25.3. The largest absolute Gasteiger partial charge is 0.478 e. The maximum atomic E-state index is 12.6. The van der Waals surface area contributed by atoms with Crippen LogP contribution in [0.3, 0.4) is 0 Å². The Morgan fingerprint density at radius 3 is 2.68 bits per heavy atom. The zero-order valence-corrected chi connectivity index (χ0v) is 13.5. The summed E-state index contributed by atoms with van der Waals surface area (Å²) in [5.74, 6) is -0.809. The standard InChI is InChI=1S/C16H14BrNO4/c1-9-6-13(17)22-14(9)15(19)18-5-4-10-2-3-11(16(20)21)7-12(10)8-18/h2-3,6-7H,4-5,8H2,1H3,(H,20,21). The van der Waals surface area contributed by atoms with Crippen molar-refractivity contribution in [2.75, 3.05) is 6.54 Å². The zero-order chi connectivity index (χ0) is 15.9. The Balaban J connectivity index is 1.87. The van der Waals surface area contributed by atoms with Crippen molar-refractivity contribution in [2.24, 2.45) is 0 Å². The molecule has 0 saturated heterocycles. The fourth-order valence-electron chi connectivity index (χ4n) is 2.66. The lowest BCUT2D eigenvalue weighted by Gasteiger charge is -2.28. The number of amides is 1. The molecule has 1 aliphatic rings. The molecule has 5 nitrogen and oxygen atoms in total. The molecule has 1 aromatic carbocycles. The third kappa shape index (κ3) is 2.66. The van der Waals surface area contributed by atoms with E-state index in [-0.39, 0.29) is 11.5 Å². The van der Waals surface area contributed by atoms with Crippen LogP contribution in [0.25, 0.3) is 0 Å². The number of carboxylic acids is 1. The number of furan rings is 1. The van der Waals surface area contributed by atoms with Gasteiger partial charge < -0.3 is 14.4 Å². The van der Waals surface area contributed by atoms with E-state index < -0.39 is 5.97 Å². The Hall–Kier alpha value is -2.08. The number of aryl methyl sites for hydroxylation is 1. The Labute approximate surface area is 135 Å². The molecule has 0 atom stereocenters. The molecule has 0 unspecified atom stereocenters. The number of rotatable bonds is 2. The molecular formula is C16H14BrNO4. The second kappa shape index (κ2) is 5.61. The van der Waals surface area contributed by atoms with E-state index in [0.717, 1.165) is 16.7 Å². The quantitative estimate of drug-likeness (QED) is 0.888. The van der Waals surface area contributed by atoms with E-state index in [1.165, 1.54) is 0 Å². The highest BCUT2D eigenvalue weighted by Crippen LogP contribution is 2.25. The zero-order valence-electron chi connectivity index (χ0n) is 11.9. The molecule has 1 aliphatic heterocycles. The fraction of sp³-hybridized carbons (Fsp3) is 0.250. The fourth-order valence-corrected chi connectivity index (χ4v) is 3.17. The Kier molecular flexibility index (Phi) is 3.78. The van der Waals surface area contributed by atoms with Crippen LogP contribution in [-0.2, 0) is 13.0 Å². The summed E-state index contributed by atoms with van der Waals surface area (Å²) in [6.07, 6.45) is 0.710. The molecule has 22 heavy (non-hydrogen) atoms. The van der Waals surface area contributed by atoms with Crippen molar-refractivity contribution in [2.45, 2.75) is 19.9 Å². The van der Waals surface area contributed by atoms with E-state index in [4.69, 9.17) is 9.52 Å². The number of carbonyl (C=O) groups excluding carboxylic acids is 1. The first-order valence-corrected chi connectivity index (χ1v) is 7.65. The molecule has 3 rings (SSSR count). The Morgan fingerprint density at radius 2 is 2.05 bits per heavy atom. The summed E-state index contributed by atoms with van der Waals surface area (Å²) < 4.78 is 5.94. The topological polar surface area (TPSA) is 70.8 Å². The van der Waals surface area contributed by atoms with Crippen LogP contribution in [0.15, 0.2) is 33.4 Å². The number of benzene rings is 1. The molecule has 114 valence electrons. The number of hydrogen-bond acceptors (Lipinski definition) is 3. The van der Waals surface area contributed by atoms with Gasteiger partial charge in [-0.15, -0.1) is 0 Å². The average molecular weight is 364 g/mol. The highest BCUT2D eigenvalue weighted by Gasteiger charge is 2.26. The van der Waals surface area contributed by atoms with Gasteiger partial charge in [0.15, 0.2) is 10.4 Å². The summed E-state index contributed by atoms with van der Waals surface area (Å²) in [5.41, 5.74) is 2.99. The van der Waals surface area contributed by atoms with Crippen LogP contribution in [0.2, 0.25) is 0 Å². The second-order valence-electron chi connectivity index (χ2n) is 5.33. The van der Waals surface area contributed by atoms with Gasteiger partial charge in [-0.05, 0) is 58.6 Å². The molecule has 0 aliphatic carbocycles. The van der Waals surface area contributed by atoms with Gasteiger partial charge in [0.1, 0.15) is 0 Å². The van der Waals surface area contributed by atoms with E-state index in [2.05, 4.69) is 15.9 Å². The molecule has 1 amide bonds. The molecule has 0 bridgehead atoms. The van der Waals surface area contributed by atoms with Crippen molar-refractivity contribution >= 4 is 27.8 Å². The first-order valence-electron chi connectivity index (χ1n) is 6.86. The third-order valence-electron chi connectivity index (χ3n) is 3.83. The molecule has 0 radical (unpaired) electrons. The normalized spacial score (nSPS) is 13.8. The van der Waals surface area contributed by atoms with Crippen molar-refractivity contribution < 1.29 is 19.1 Å². The molecular weight excluding hydrogens is 350 g/mol. The summed E-state index contributed by atoms with van der Waals surface area (Å²) in [5, 5.41) is 9.08. The van der Waals surface area contributed by atoms with Gasteiger partial charge in [-0.2, -0.15) is 0 Å². The van der Waals surface area contributed by atoms with Crippen molar-refractivity contribution in [3.63, 3.8) is 0 Å². The van der Waals surface area contributed by atoms with Gasteiger partial charge in [0.05, 0.1) is 5.56 Å². The van der Waals surface area contributed by atoms with Crippen LogP contribution in [0.4, 0.5) is 0 Å². The van der Waals surface area contributed by atoms with E-state index in [0.29, 0.717) is 29.9 Å². The lowest BCUT2D eigenvalue weighted by Crippen LogP contribution is -2.36. The molecule has 6 heteroatoms. The summed E-state index contributed by atoms with van der Waals surface area (Å²) in [6, 6.07) is 6.83. The first-order chi connectivity index (χ1) is 10.5. The minimum Gasteiger partial charge on any atom is -0.478 e. The van der Waals surface area contributed by atoms with Gasteiger partial charge in [-0.1, -0.05) is 6.07 Å². The monoisotopic (exact) mass is 363 g/mol. The van der Waals surface area contributed by atoms with Crippen LogP contribution in [0.1, 0.15) is 37.6 Å². The number of halogens is 1. The molecule has 2 aromatic rings. The second-order valence-corrected chi connectivity index (χ2v) is 6.11. The van der Waals surface area contributed by atoms with Gasteiger partial charge in [0, 0.05) is 18.7 Å². The maximum absolute atomic E-state index is 12.6. The highest BCUT2D eigenvalue weighted by atomic mass is 79.9. The molecule has 2 heterocycles. The maximum Gasteiger partial charge on any atom is 0.335 e. The van der Waals surface area contributed by atoms with Crippen LogP contribution in [0, 0.1) is 6.92 Å². The van der Waals surface area contributed by atoms with E-state index in [1.54, 1.807) is 23.1 Å². The lowest BCUT2D eigenvalue weighted by atomic mass is 9.97. The van der Waals surface area contributed by atoms with Crippen LogP contribution < -0.4 is 0 Å². The summed E-state index contributed by atoms with van der Waals surface area (Å²) >= 11 is 3.22. The van der Waals surface area contributed by atoms with Gasteiger partial charge in [-0.3, -0.25) is 4.79 Å². The number of aromatic carboxylic acids is 1. The van der Waals surface area contributed by atoms with Crippen LogP contribution >= 0.6 is 15.9 Å². The van der Waals surface area contributed by atoms with Gasteiger partial charge in [0.25, 0.3) is 5.91 Å². The molecule has 0 fully saturated rings. The number of carbonyl (C=O) groups is 2. The average Bonchev–Trinajstić information content (AvgIpc) is 2.84. The van der Waals surface area contributed by atoms with Gasteiger partial charge in [0.2, 0.25) is 0 Å². The van der Waals surface area contributed by atoms with Gasteiger partial charge in [-0.25, -0.2) is 4.79 Å². The number of carboxylic acid groups (broad SMARTS) is 1. The van der Waals surface area contributed by atoms with Crippen molar-refractivity contribution in [3.8, 4) is 0 Å². The third-order valence-corrected chi connectivity index (χ3v) is 4.23. The summed E-state index contributed by atoms with van der Waals surface area (Å²) in [7, 11) is 0. The van der Waals surface area contributed by atoms with Gasteiger partial charge >= 0.3 is 5.97 Å². The Morgan fingerprint density at radius 1 is 1.27 bits per heavy atom. The SMILES string of the molecule is Cc1cc(Br)oc1C(=O)N1CCc2ccc(C(=O)O)cc2C1. The molecule has 0 saturated carbocycles. The number of fused-ring (bicyclic) bond motifs is 1. The number of hydrogen-bond donors (Lipinski definition) is 1. The van der Waals surface area contributed by atoms with Crippen molar-refractivity contribution in [1.82, 2.24) is 4.90 Å². The minimum atomic E-state index is -0.961. The first kappa shape index (κ1) is 14.8. The molecule has 1 N–H and O–H groups in total. The summed E-state index contributed by atoms with van der Waals surface area (Å²) in [6.45, 7) is 2.81. The van der Waals surface area contributed by atoms with E-state index in [1.807, 2.05) is 13.0 Å². The van der Waals surface area contributed by atoms with E-state index in [9.17, 15) is 9.59 Å². The minimum absolute atomic E-state index is 0.172. The predicted octanol–water partition coefficient (Wildman–Crippen LogP) is 3.25. The number of nitrogens with zero attached hydrogens (tertiary/aromatic N) is 1. The van der Waals surface area contributed by atoms with E-state index >= 15 is 0 Å². The molecule has 0 spiro atoms. The van der Waals surface area contributed by atoms with Crippen molar-refractivity contribution in [1.29, 1.82) is 0 Å². The highest BCUT2D eigenvalue weighted by molar-refractivity contribution is 9.10. The molecule has 1 aromatic heterocycles. The van der Waals surface area contributed by atoms with Crippen LogP contribution in [-0.4, -0.2) is 28.4 Å². The Bertz CT molecular complexity index is 766. The van der Waals surface area contributed by atoms with Crippen LogP contribution in [0.5, 0.6) is 0 Å². The lowest BCUT2D eigenvalue weighted by molar-refractivity contribution is 0.0696. The predicted molar refractivity (Wildman–Crippen MR) is 83.0 cm³/mol. The smallest absolute Gasteiger partial charge is 0.335 e.